The Morgan fingerprint density at radius 3 is 2.75 bits per heavy atom. The van der Waals surface area contributed by atoms with Gasteiger partial charge in [-0.15, -0.1) is 23.1 Å². The second kappa shape index (κ2) is 6.92. The molecule has 0 fully saturated rings. The fourth-order valence-corrected chi connectivity index (χ4v) is 3.48. The first kappa shape index (κ1) is 15.1. The number of benzene rings is 1. The van der Waals surface area contributed by atoms with Gasteiger partial charge in [-0.25, -0.2) is 4.79 Å². The van der Waals surface area contributed by atoms with Crippen molar-refractivity contribution in [3.05, 3.63) is 45.7 Å². The summed E-state index contributed by atoms with van der Waals surface area (Å²) < 4.78 is 1.63. The number of carbonyl (C=O) groups excluding carboxylic acids is 1. The Labute approximate surface area is 132 Å². The Bertz CT molecular complexity index is 629. The number of thiophene rings is 1. The number of carbonyl (C=O) groups is 2. The Hall–Kier alpha value is -1.31. The molecule has 104 valence electrons. The van der Waals surface area contributed by atoms with E-state index in [1.807, 2.05) is 17.5 Å². The van der Waals surface area contributed by atoms with Gasteiger partial charge in [-0.05, 0) is 45.6 Å². The Morgan fingerprint density at radius 1 is 1.35 bits per heavy atom. The van der Waals surface area contributed by atoms with Gasteiger partial charge in [0.25, 0.3) is 0 Å². The van der Waals surface area contributed by atoms with Crippen LogP contribution in [0.4, 0.5) is 5.69 Å². The highest BCUT2D eigenvalue weighted by atomic mass is 79.9. The van der Waals surface area contributed by atoms with Gasteiger partial charge in [-0.1, -0.05) is 6.07 Å². The van der Waals surface area contributed by atoms with Crippen molar-refractivity contribution in [3.63, 3.8) is 0 Å². The Balaban J connectivity index is 1.95. The molecule has 0 bridgehead atoms. The molecule has 1 aromatic heterocycles. The van der Waals surface area contributed by atoms with Crippen molar-refractivity contribution in [2.75, 3.05) is 11.1 Å². The average molecular weight is 372 g/mol. The Kier molecular flexibility index (Phi) is 5.22. The quantitative estimate of drug-likeness (QED) is 0.781. The lowest BCUT2D eigenvalue weighted by Gasteiger charge is -2.07. The van der Waals surface area contributed by atoms with E-state index in [0.29, 0.717) is 15.9 Å². The largest absolute Gasteiger partial charge is 0.478 e. The summed E-state index contributed by atoms with van der Waals surface area (Å²) in [5, 5.41) is 13.6. The SMILES string of the molecule is O=C(CSc1cccs1)Nc1ccc(C(=O)O)cc1Br. The van der Waals surface area contributed by atoms with E-state index in [-0.39, 0.29) is 11.5 Å². The number of aromatic carboxylic acids is 1. The molecule has 0 saturated heterocycles. The number of rotatable bonds is 5. The van der Waals surface area contributed by atoms with Gasteiger partial charge in [0.15, 0.2) is 0 Å². The molecular weight excluding hydrogens is 362 g/mol. The lowest BCUT2D eigenvalue weighted by molar-refractivity contribution is -0.113. The predicted octanol–water partition coefficient (Wildman–Crippen LogP) is 3.94. The number of anilines is 1. The first-order valence-electron chi connectivity index (χ1n) is 5.55. The molecule has 0 aliphatic carbocycles. The summed E-state index contributed by atoms with van der Waals surface area (Å²) in [4.78, 5) is 22.6. The summed E-state index contributed by atoms with van der Waals surface area (Å²) in [5.41, 5.74) is 0.731. The lowest BCUT2D eigenvalue weighted by Crippen LogP contribution is -2.14. The third-order valence-corrected chi connectivity index (χ3v) is 5.12. The highest BCUT2D eigenvalue weighted by Gasteiger charge is 2.09. The first-order chi connectivity index (χ1) is 9.56. The second-order valence-electron chi connectivity index (χ2n) is 3.77. The van der Waals surface area contributed by atoms with Crippen LogP contribution in [0.15, 0.2) is 44.4 Å². The van der Waals surface area contributed by atoms with E-state index in [9.17, 15) is 9.59 Å². The van der Waals surface area contributed by atoms with Crippen molar-refractivity contribution in [2.45, 2.75) is 4.21 Å². The molecule has 7 heteroatoms. The van der Waals surface area contributed by atoms with E-state index < -0.39 is 5.97 Å². The van der Waals surface area contributed by atoms with Crippen molar-refractivity contribution < 1.29 is 14.7 Å². The van der Waals surface area contributed by atoms with Gasteiger partial charge in [0, 0.05) is 4.47 Å². The van der Waals surface area contributed by atoms with Crippen LogP contribution >= 0.6 is 39.0 Å². The Morgan fingerprint density at radius 2 is 2.15 bits per heavy atom. The summed E-state index contributed by atoms with van der Waals surface area (Å²) in [6.07, 6.45) is 0. The lowest BCUT2D eigenvalue weighted by atomic mass is 10.2. The maximum atomic E-state index is 11.8. The zero-order chi connectivity index (χ0) is 14.5. The fraction of sp³-hybridized carbons (Fsp3) is 0.0769. The monoisotopic (exact) mass is 371 g/mol. The zero-order valence-electron chi connectivity index (χ0n) is 10.1. The predicted molar refractivity (Wildman–Crippen MR) is 84.8 cm³/mol. The molecule has 0 atom stereocenters. The standard InChI is InChI=1S/C13H10BrNO3S2/c14-9-6-8(13(17)18)3-4-10(9)15-11(16)7-20-12-2-1-5-19-12/h1-6H,7H2,(H,15,16)(H,17,18). The van der Waals surface area contributed by atoms with E-state index in [0.717, 1.165) is 4.21 Å². The zero-order valence-corrected chi connectivity index (χ0v) is 13.3. The molecular formula is C13H10BrNO3S2. The van der Waals surface area contributed by atoms with Crippen molar-refractivity contribution in [1.82, 2.24) is 0 Å². The van der Waals surface area contributed by atoms with E-state index in [1.54, 1.807) is 17.4 Å². The molecule has 0 saturated carbocycles. The molecule has 1 amide bonds. The number of amides is 1. The van der Waals surface area contributed by atoms with Gasteiger partial charge >= 0.3 is 5.97 Å². The minimum Gasteiger partial charge on any atom is -0.478 e. The number of hydrogen-bond donors (Lipinski definition) is 2. The number of hydrogen-bond acceptors (Lipinski definition) is 4. The highest BCUT2D eigenvalue weighted by Crippen LogP contribution is 2.26. The van der Waals surface area contributed by atoms with Gasteiger partial charge in [0.2, 0.25) is 5.91 Å². The molecule has 2 rings (SSSR count). The van der Waals surface area contributed by atoms with Gasteiger partial charge in [0.05, 0.1) is 21.2 Å². The van der Waals surface area contributed by atoms with E-state index in [4.69, 9.17) is 5.11 Å². The van der Waals surface area contributed by atoms with Crippen LogP contribution in [0.3, 0.4) is 0 Å². The molecule has 1 heterocycles. The first-order valence-corrected chi connectivity index (χ1v) is 8.21. The summed E-state index contributed by atoms with van der Waals surface area (Å²) in [6, 6.07) is 8.38. The van der Waals surface area contributed by atoms with E-state index in [1.165, 1.54) is 23.9 Å². The fourth-order valence-electron chi connectivity index (χ4n) is 1.42. The maximum Gasteiger partial charge on any atom is 0.335 e. The summed E-state index contributed by atoms with van der Waals surface area (Å²) in [7, 11) is 0. The third kappa shape index (κ3) is 4.09. The number of thioether (sulfide) groups is 1. The van der Waals surface area contributed by atoms with Gasteiger partial charge in [-0.2, -0.15) is 0 Å². The molecule has 2 N–H and O–H groups in total. The number of carboxylic acid groups (broad SMARTS) is 1. The second-order valence-corrected chi connectivity index (χ2v) is 6.85. The smallest absolute Gasteiger partial charge is 0.335 e. The normalized spacial score (nSPS) is 10.2. The molecule has 2 aromatic rings. The number of carboxylic acids is 1. The minimum atomic E-state index is -1.00. The molecule has 1 aromatic carbocycles. The van der Waals surface area contributed by atoms with Crippen LogP contribution in [-0.4, -0.2) is 22.7 Å². The molecule has 20 heavy (non-hydrogen) atoms. The molecule has 0 aliphatic rings. The number of nitrogens with one attached hydrogen (secondary N) is 1. The minimum absolute atomic E-state index is 0.132. The van der Waals surface area contributed by atoms with Crippen molar-refractivity contribution in [3.8, 4) is 0 Å². The molecule has 0 spiro atoms. The summed E-state index contributed by atoms with van der Waals surface area (Å²) >= 11 is 6.30. The number of halogens is 1. The molecule has 4 nitrogen and oxygen atoms in total. The van der Waals surface area contributed by atoms with Crippen LogP contribution < -0.4 is 5.32 Å². The highest BCUT2D eigenvalue weighted by molar-refractivity contribution is 9.10. The van der Waals surface area contributed by atoms with Crippen LogP contribution in [0.2, 0.25) is 0 Å². The van der Waals surface area contributed by atoms with Crippen LogP contribution in [0.25, 0.3) is 0 Å². The van der Waals surface area contributed by atoms with Crippen LogP contribution in [-0.2, 0) is 4.79 Å². The van der Waals surface area contributed by atoms with E-state index in [2.05, 4.69) is 21.2 Å². The summed E-state index contributed by atoms with van der Waals surface area (Å²) in [6.45, 7) is 0. The van der Waals surface area contributed by atoms with Gasteiger partial charge in [0.1, 0.15) is 0 Å². The van der Waals surface area contributed by atoms with E-state index >= 15 is 0 Å². The third-order valence-electron chi connectivity index (χ3n) is 2.33. The van der Waals surface area contributed by atoms with Crippen molar-refractivity contribution >= 4 is 56.6 Å². The topological polar surface area (TPSA) is 66.4 Å². The molecule has 0 unspecified atom stereocenters. The van der Waals surface area contributed by atoms with Crippen LogP contribution in [0.5, 0.6) is 0 Å². The molecule has 0 aliphatic heterocycles. The van der Waals surface area contributed by atoms with Gasteiger partial charge in [-0.3, -0.25) is 4.79 Å². The maximum absolute atomic E-state index is 11.8. The molecule has 0 radical (unpaired) electrons. The average Bonchev–Trinajstić information content (AvgIpc) is 2.91. The van der Waals surface area contributed by atoms with Crippen LogP contribution in [0, 0.1) is 0 Å². The van der Waals surface area contributed by atoms with Gasteiger partial charge < -0.3 is 10.4 Å². The van der Waals surface area contributed by atoms with Crippen LogP contribution in [0.1, 0.15) is 10.4 Å². The van der Waals surface area contributed by atoms with Crippen molar-refractivity contribution in [2.24, 2.45) is 0 Å². The van der Waals surface area contributed by atoms with Crippen molar-refractivity contribution in [1.29, 1.82) is 0 Å². The summed E-state index contributed by atoms with van der Waals surface area (Å²) in [5.74, 6) is -0.822.